The number of hydrogen-bond acceptors (Lipinski definition) is 6. The number of amides is 1. The Morgan fingerprint density at radius 2 is 1.74 bits per heavy atom. The number of Topliss-reactive ketones (excluding diaryl/α,β-unsaturated/α-hetero) is 1. The number of rotatable bonds is 13. The minimum atomic E-state index is -0.359. The predicted molar refractivity (Wildman–Crippen MR) is 154 cm³/mol. The van der Waals surface area contributed by atoms with Crippen LogP contribution >= 0.6 is 0 Å². The van der Waals surface area contributed by atoms with Crippen LogP contribution in [0.2, 0.25) is 0 Å². The van der Waals surface area contributed by atoms with E-state index in [0.29, 0.717) is 42.4 Å². The number of hydrogen-bond donors (Lipinski definition) is 2. The van der Waals surface area contributed by atoms with Crippen molar-refractivity contribution in [2.45, 2.75) is 77.8 Å². The average Bonchev–Trinajstić information content (AvgIpc) is 3.52. The van der Waals surface area contributed by atoms with Gasteiger partial charge in [0.2, 0.25) is 5.91 Å². The molecule has 1 aromatic rings. The number of carbonyl (C=O) groups excluding carboxylic acids is 2. The Morgan fingerprint density at radius 1 is 1.05 bits per heavy atom. The third-order valence-corrected chi connectivity index (χ3v) is 9.24. The summed E-state index contributed by atoms with van der Waals surface area (Å²) in [7, 11) is 1.72. The van der Waals surface area contributed by atoms with E-state index in [2.05, 4.69) is 29.0 Å². The van der Waals surface area contributed by atoms with Crippen LogP contribution in [0.4, 0.5) is 11.4 Å². The van der Waals surface area contributed by atoms with Gasteiger partial charge in [0, 0.05) is 57.8 Å². The molecular formula is C31H50N4O3. The zero-order valence-corrected chi connectivity index (χ0v) is 24.0. The largest absolute Gasteiger partial charge is 0.397 e. The lowest BCUT2D eigenvalue weighted by molar-refractivity contribution is -0.138. The Labute approximate surface area is 229 Å². The third kappa shape index (κ3) is 6.53. The molecule has 7 nitrogen and oxygen atoms in total. The minimum Gasteiger partial charge on any atom is -0.397 e. The number of fused-ring (bicyclic) bond motifs is 2. The van der Waals surface area contributed by atoms with E-state index in [0.717, 1.165) is 44.6 Å². The smallest absolute Gasteiger partial charge is 0.245 e. The Kier molecular flexibility index (Phi) is 10.1. The first-order chi connectivity index (χ1) is 18.3. The van der Waals surface area contributed by atoms with Crippen molar-refractivity contribution in [1.82, 2.24) is 10.2 Å². The maximum absolute atomic E-state index is 14.2. The first-order valence-electron chi connectivity index (χ1n) is 15.0. The first kappa shape index (κ1) is 28.9. The normalized spacial score (nSPS) is 27.4. The van der Waals surface area contributed by atoms with Gasteiger partial charge < -0.3 is 25.6 Å². The van der Waals surface area contributed by atoms with Crippen molar-refractivity contribution in [3.8, 4) is 0 Å². The number of anilines is 2. The number of nitrogens with zero attached hydrogens (tertiary/aromatic N) is 2. The molecule has 1 aromatic carbocycles. The fraction of sp³-hybridized carbons (Fsp3) is 0.742. The van der Waals surface area contributed by atoms with Gasteiger partial charge in [-0.2, -0.15) is 0 Å². The van der Waals surface area contributed by atoms with Crippen LogP contribution in [0.15, 0.2) is 24.3 Å². The lowest BCUT2D eigenvalue weighted by atomic mass is 9.81. The van der Waals surface area contributed by atoms with Crippen molar-refractivity contribution in [3.05, 3.63) is 24.3 Å². The second-order valence-electron chi connectivity index (χ2n) is 12.4. The summed E-state index contributed by atoms with van der Waals surface area (Å²) in [6, 6.07) is 7.49. The van der Waals surface area contributed by atoms with Crippen LogP contribution in [-0.4, -0.2) is 68.6 Å². The van der Waals surface area contributed by atoms with Gasteiger partial charge in [-0.25, -0.2) is 0 Å². The molecule has 3 N–H and O–H groups in total. The topological polar surface area (TPSA) is 87.9 Å². The molecule has 7 heteroatoms. The highest BCUT2D eigenvalue weighted by molar-refractivity contribution is 5.87. The first-order valence-corrected chi connectivity index (χ1v) is 15.0. The van der Waals surface area contributed by atoms with Gasteiger partial charge in [0.15, 0.2) is 0 Å². The third-order valence-electron chi connectivity index (χ3n) is 9.24. The van der Waals surface area contributed by atoms with Gasteiger partial charge in [0.25, 0.3) is 0 Å². The van der Waals surface area contributed by atoms with Gasteiger partial charge in [-0.3, -0.25) is 9.59 Å². The highest BCUT2D eigenvalue weighted by Gasteiger charge is 2.48. The van der Waals surface area contributed by atoms with E-state index in [4.69, 9.17) is 10.5 Å². The van der Waals surface area contributed by atoms with Crippen LogP contribution in [0.5, 0.6) is 0 Å². The van der Waals surface area contributed by atoms with E-state index >= 15 is 0 Å². The minimum absolute atomic E-state index is 0.00707. The van der Waals surface area contributed by atoms with E-state index in [1.165, 1.54) is 25.7 Å². The summed E-state index contributed by atoms with van der Waals surface area (Å²) in [6.45, 7) is 9.95. The van der Waals surface area contributed by atoms with Gasteiger partial charge in [-0.1, -0.05) is 26.0 Å². The molecule has 3 aliphatic rings. The van der Waals surface area contributed by atoms with Gasteiger partial charge in [-0.15, -0.1) is 0 Å². The van der Waals surface area contributed by atoms with Crippen molar-refractivity contribution in [3.63, 3.8) is 0 Å². The molecule has 1 aliphatic heterocycles. The summed E-state index contributed by atoms with van der Waals surface area (Å²) in [5.41, 5.74) is 7.98. The number of nitrogens with two attached hydrogens (primary N) is 1. The summed E-state index contributed by atoms with van der Waals surface area (Å²) in [6.07, 6.45) is 7.51. The summed E-state index contributed by atoms with van der Waals surface area (Å²) >= 11 is 0. The van der Waals surface area contributed by atoms with Crippen molar-refractivity contribution in [2.75, 3.05) is 50.5 Å². The molecule has 2 saturated carbocycles. The van der Waals surface area contributed by atoms with Crippen LogP contribution in [-0.2, 0) is 14.3 Å². The Bertz CT molecular complexity index is 917. The second kappa shape index (κ2) is 13.3. The number of unbranched alkanes of at least 4 members (excludes halogenated alkanes) is 1. The summed E-state index contributed by atoms with van der Waals surface area (Å²) in [5, 5.41) is 3.54. The molecule has 3 fully saturated rings. The standard InChI is InChI=1S/C31H50N4O3/c1-21(2)20-35(26-17-25(18-33-19-26)30(36)29-23-11-12-24(29)14-13-23)31(37)22(3)34(15-7-8-16-38-4)28-10-6-5-9-27(28)32/h5-6,9-10,21-26,29,33H,7-8,11-20,32H2,1-4H3. The zero-order chi connectivity index (χ0) is 27.2. The molecule has 3 atom stereocenters. The fourth-order valence-corrected chi connectivity index (χ4v) is 7.34. The van der Waals surface area contributed by atoms with Crippen LogP contribution in [0.25, 0.3) is 0 Å². The lowest BCUT2D eigenvalue weighted by Gasteiger charge is -2.42. The van der Waals surface area contributed by atoms with E-state index in [1.807, 2.05) is 31.2 Å². The molecule has 212 valence electrons. The number of nitrogen functional groups attached to an aromatic ring is 1. The van der Waals surface area contributed by atoms with Crippen molar-refractivity contribution in [1.29, 1.82) is 0 Å². The van der Waals surface area contributed by atoms with Gasteiger partial charge in [-0.05, 0) is 81.8 Å². The maximum Gasteiger partial charge on any atom is 0.245 e. The van der Waals surface area contributed by atoms with Crippen LogP contribution in [0.3, 0.4) is 0 Å². The van der Waals surface area contributed by atoms with E-state index in [1.54, 1.807) is 7.11 Å². The maximum atomic E-state index is 14.2. The summed E-state index contributed by atoms with van der Waals surface area (Å²) in [5.74, 6) is 2.40. The number of ether oxygens (including phenoxy) is 1. The van der Waals surface area contributed by atoms with Crippen molar-refractivity contribution in [2.24, 2.45) is 29.6 Å². The molecule has 0 aromatic heterocycles. The molecule has 0 spiro atoms. The molecule has 1 heterocycles. The average molecular weight is 527 g/mol. The fourth-order valence-electron chi connectivity index (χ4n) is 7.34. The van der Waals surface area contributed by atoms with E-state index in [9.17, 15) is 9.59 Å². The molecule has 2 aliphatic carbocycles. The quantitative estimate of drug-likeness (QED) is 0.293. The number of piperidine rings is 1. The number of carbonyl (C=O) groups is 2. The lowest BCUT2D eigenvalue weighted by Crippen LogP contribution is -2.58. The highest BCUT2D eigenvalue weighted by atomic mass is 16.5. The molecule has 2 bridgehead atoms. The summed E-state index contributed by atoms with van der Waals surface area (Å²) in [4.78, 5) is 32.2. The highest BCUT2D eigenvalue weighted by Crippen LogP contribution is 2.50. The van der Waals surface area contributed by atoms with E-state index < -0.39 is 0 Å². The number of benzene rings is 1. The van der Waals surface area contributed by atoms with E-state index in [-0.39, 0.29) is 29.8 Å². The Hall–Kier alpha value is -2.12. The van der Waals surface area contributed by atoms with Gasteiger partial charge in [0.1, 0.15) is 11.8 Å². The molecular weight excluding hydrogens is 476 g/mol. The number of ketones is 1. The molecule has 1 saturated heterocycles. The number of para-hydroxylation sites is 2. The predicted octanol–water partition coefficient (Wildman–Crippen LogP) is 4.36. The molecule has 4 rings (SSSR count). The Balaban J connectivity index is 1.51. The zero-order valence-electron chi connectivity index (χ0n) is 24.0. The molecule has 3 unspecified atom stereocenters. The van der Waals surface area contributed by atoms with Crippen LogP contribution < -0.4 is 16.0 Å². The molecule has 38 heavy (non-hydrogen) atoms. The number of nitrogens with one attached hydrogen (secondary N) is 1. The van der Waals surface area contributed by atoms with Crippen LogP contribution in [0.1, 0.15) is 65.7 Å². The van der Waals surface area contributed by atoms with Gasteiger partial charge in [0.05, 0.1) is 11.4 Å². The van der Waals surface area contributed by atoms with Crippen molar-refractivity contribution < 1.29 is 14.3 Å². The van der Waals surface area contributed by atoms with Crippen molar-refractivity contribution >= 4 is 23.1 Å². The van der Waals surface area contributed by atoms with Gasteiger partial charge >= 0.3 is 0 Å². The second-order valence-corrected chi connectivity index (χ2v) is 12.4. The Morgan fingerprint density at radius 3 is 2.37 bits per heavy atom. The SMILES string of the molecule is COCCCCN(c1ccccc1N)C(C)C(=O)N(CC(C)C)C1CNCC(C(=O)C2C3CCC2CC3)C1. The number of methoxy groups -OCH3 is 1. The monoisotopic (exact) mass is 526 g/mol. The van der Waals surface area contributed by atoms with Crippen LogP contribution in [0, 0.1) is 29.6 Å². The molecule has 1 amide bonds. The summed E-state index contributed by atoms with van der Waals surface area (Å²) < 4.78 is 5.25. The molecule has 0 radical (unpaired) electrons.